The number of hydrogen-bond donors (Lipinski definition) is 3. The molecule has 4 N–H and O–H groups in total. The largest absolute Gasteiger partial charge is 0.398 e. The van der Waals surface area contributed by atoms with E-state index in [1.165, 1.54) is 11.8 Å². The SMILES string of the molecule is Nc1cc2c(cc1Sc1ncc[nH]1)NC(=O)C2. The fourth-order valence-corrected chi connectivity index (χ4v) is 2.58. The van der Waals surface area contributed by atoms with Crippen molar-refractivity contribution in [3.63, 3.8) is 0 Å². The number of nitrogen functional groups attached to an aromatic ring is 1. The maximum absolute atomic E-state index is 11.3. The first kappa shape index (κ1) is 10.2. The summed E-state index contributed by atoms with van der Waals surface area (Å²) in [7, 11) is 0. The lowest BCUT2D eigenvalue weighted by atomic mass is 10.1. The molecule has 5 nitrogen and oxygen atoms in total. The van der Waals surface area contributed by atoms with Gasteiger partial charge in [0.05, 0.1) is 6.42 Å². The molecule has 0 radical (unpaired) electrons. The number of H-pyrrole nitrogens is 1. The molecule has 1 aliphatic heterocycles. The third kappa shape index (κ3) is 1.87. The molecule has 1 aromatic heterocycles. The van der Waals surface area contributed by atoms with Crippen molar-refractivity contribution in [2.45, 2.75) is 16.5 Å². The number of carbonyl (C=O) groups excluding carboxylic acids is 1. The van der Waals surface area contributed by atoms with Crippen LogP contribution in [0.25, 0.3) is 0 Å². The zero-order valence-electron chi connectivity index (χ0n) is 8.86. The van der Waals surface area contributed by atoms with E-state index in [1.54, 1.807) is 12.4 Å². The predicted octanol–water partition coefficient (Wildman–Crippen LogP) is 1.64. The van der Waals surface area contributed by atoms with Crippen LogP contribution in [0.3, 0.4) is 0 Å². The summed E-state index contributed by atoms with van der Waals surface area (Å²) in [6.07, 6.45) is 3.85. The highest BCUT2D eigenvalue weighted by Crippen LogP contribution is 2.36. The van der Waals surface area contributed by atoms with Crippen LogP contribution in [-0.2, 0) is 11.2 Å². The predicted molar refractivity (Wildman–Crippen MR) is 65.9 cm³/mol. The molecular formula is C11H10N4OS. The van der Waals surface area contributed by atoms with E-state index in [1.807, 2.05) is 12.1 Å². The zero-order valence-corrected chi connectivity index (χ0v) is 9.67. The van der Waals surface area contributed by atoms with Gasteiger partial charge in [0, 0.05) is 28.7 Å². The molecule has 0 spiro atoms. The third-order valence-corrected chi connectivity index (χ3v) is 3.53. The Kier molecular flexibility index (Phi) is 2.29. The molecule has 1 aliphatic rings. The number of rotatable bonds is 2. The molecule has 86 valence electrons. The highest BCUT2D eigenvalue weighted by atomic mass is 32.2. The number of amides is 1. The van der Waals surface area contributed by atoms with Gasteiger partial charge < -0.3 is 16.0 Å². The Hall–Kier alpha value is -1.95. The first-order chi connectivity index (χ1) is 8.22. The molecule has 1 aromatic carbocycles. The summed E-state index contributed by atoms with van der Waals surface area (Å²) in [5.41, 5.74) is 8.42. The van der Waals surface area contributed by atoms with Gasteiger partial charge in [0.15, 0.2) is 5.16 Å². The summed E-state index contributed by atoms with van der Waals surface area (Å²) in [5, 5.41) is 3.58. The number of hydrogen-bond acceptors (Lipinski definition) is 4. The van der Waals surface area contributed by atoms with Gasteiger partial charge in [-0.2, -0.15) is 0 Å². The van der Waals surface area contributed by atoms with Gasteiger partial charge in [-0.15, -0.1) is 0 Å². The standard InChI is InChI=1S/C11H10N4OS/c12-7-3-6-4-10(16)15-8(6)5-9(7)17-11-13-1-2-14-11/h1-3,5H,4,12H2,(H,13,14)(H,15,16). The van der Waals surface area contributed by atoms with E-state index in [9.17, 15) is 4.79 Å². The second-order valence-corrected chi connectivity index (χ2v) is 4.80. The Bertz CT molecular complexity index is 579. The number of nitrogens with two attached hydrogens (primary N) is 1. The highest BCUT2D eigenvalue weighted by Gasteiger charge is 2.19. The van der Waals surface area contributed by atoms with E-state index in [0.717, 1.165) is 21.3 Å². The van der Waals surface area contributed by atoms with E-state index in [4.69, 9.17) is 5.73 Å². The van der Waals surface area contributed by atoms with Crippen LogP contribution in [0.1, 0.15) is 5.56 Å². The number of nitrogens with one attached hydrogen (secondary N) is 2. The van der Waals surface area contributed by atoms with Gasteiger partial charge in [0.1, 0.15) is 0 Å². The monoisotopic (exact) mass is 246 g/mol. The molecule has 0 saturated heterocycles. The highest BCUT2D eigenvalue weighted by molar-refractivity contribution is 7.99. The van der Waals surface area contributed by atoms with Crippen molar-refractivity contribution in [2.75, 3.05) is 11.1 Å². The molecule has 0 fully saturated rings. The van der Waals surface area contributed by atoms with E-state index in [-0.39, 0.29) is 5.91 Å². The van der Waals surface area contributed by atoms with Crippen LogP contribution in [0.4, 0.5) is 11.4 Å². The molecule has 2 heterocycles. The average Bonchev–Trinajstić information content (AvgIpc) is 2.87. The van der Waals surface area contributed by atoms with Gasteiger partial charge in [-0.1, -0.05) is 0 Å². The Labute approximate surface area is 102 Å². The Morgan fingerprint density at radius 1 is 1.41 bits per heavy atom. The molecule has 3 rings (SSSR count). The van der Waals surface area contributed by atoms with Gasteiger partial charge in [-0.3, -0.25) is 4.79 Å². The quantitative estimate of drug-likeness (QED) is 0.703. The molecule has 0 bridgehead atoms. The van der Waals surface area contributed by atoms with Crippen LogP contribution in [0.2, 0.25) is 0 Å². The number of aromatic amines is 1. The minimum atomic E-state index is 0.0135. The van der Waals surface area contributed by atoms with Crippen molar-refractivity contribution in [2.24, 2.45) is 0 Å². The van der Waals surface area contributed by atoms with Gasteiger partial charge in [-0.25, -0.2) is 4.98 Å². The van der Waals surface area contributed by atoms with E-state index in [0.29, 0.717) is 12.1 Å². The van der Waals surface area contributed by atoms with Crippen LogP contribution in [0.15, 0.2) is 34.6 Å². The van der Waals surface area contributed by atoms with Gasteiger partial charge in [-0.05, 0) is 29.5 Å². The normalized spacial score (nSPS) is 13.5. The molecule has 0 saturated carbocycles. The van der Waals surface area contributed by atoms with Gasteiger partial charge >= 0.3 is 0 Å². The van der Waals surface area contributed by atoms with Crippen molar-refractivity contribution in [1.29, 1.82) is 0 Å². The Balaban J connectivity index is 1.96. The van der Waals surface area contributed by atoms with Crippen LogP contribution in [-0.4, -0.2) is 15.9 Å². The topological polar surface area (TPSA) is 83.8 Å². The third-order valence-electron chi connectivity index (χ3n) is 2.54. The maximum atomic E-state index is 11.3. The molecular weight excluding hydrogens is 236 g/mol. The Morgan fingerprint density at radius 3 is 3.06 bits per heavy atom. The summed E-state index contributed by atoms with van der Waals surface area (Å²) < 4.78 is 0. The maximum Gasteiger partial charge on any atom is 0.228 e. The number of fused-ring (bicyclic) bond motifs is 1. The first-order valence-corrected chi connectivity index (χ1v) is 5.93. The fourth-order valence-electron chi connectivity index (χ4n) is 1.77. The van der Waals surface area contributed by atoms with Crippen molar-refractivity contribution in [1.82, 2.24) is 9.97 Å². The summed E-state index contributed by atoms with van der Waals surface area (Å²) in [6, 6.07) is 3.74. The van der Waals surface area contributed by atoms with Crippen molar-refractivity contribution in [3.8, 4) is 0 Å². The summed E-state index contributed by atoms with van der Waals surface area (Å²) >= 11 is 1.45. The molecule has 0 aliphatic carbocycles. The second-order valence-electron chi connectivity index (χ2n) is 3.77. The summed E-state index contributed by atoms with van der Waals surface area (Å²) in [6.45, 7) is 0. The molecule has 0 unspecified atom stereocenters. The number of carbonyl (C=O) groups is 1. The molecule has 1 amide bonds. The van der Waals surface area contributed by atoms with Crippen molar-refractivity contribution < 1.29 is 4.79 Å². The number of imidazole rings is 1. The minimum absolute atomic E-state index is 0.0135. The molecule has 17 heavy (non-hydrogen) atoms. The van der Waals surface area contributed by atoms with Gasteiger partial charge in [0.25, 0.3) is 0 Å². The number of benzene rings is 1. The van der Waals surface area contributed by atoms with Crippen LogP contribution < -0.4 is 11.1 Å². The second kappa shape index (κ2) is 3.81. The van der Waals surface area contributed by atoms with E-state index in [2.05, 4.69) is 15.3 Å². The summed E-state index contributed by atoms with van der Waals surface area (Å²) in [5.74, 6) is 0.0135. The molecule has 6 heteroatoms. The van der Waals surface area contributed by atoms with Crippen LogP contribution in [0, 0.1) is 0 Å². The van der Waals surface area contributed by atoms with Crippen molar-refractivity contribution >= 4 is 29.0 Å². The number of anilines is 2. The first-order valence-electron chi connectivity index (χ1n) is 5.12. The van der Waals surface area contributed by atoms with E-state index < -0.39 is 0 Å². The fraction of sp³-hybridized carbons (Fsp3) is 0.0909. The van der Waals surface area contributed by atoms with Crippen molar-refractivity contribution in [3.05, 3.63) is 30.1 Å². The van der Waals surface area contributed by atoms with Crippen LogP contribution in [0.5, 0.6) is 0 Å². The lowest BCUT2D eigenvalue weighted by Gasteiger charge is -2.06. The molecule has 2 aromatic rings. The minimum Gasteiger partial charge on any atom is -0.398 e. The summed E-state index contributed by atoms with van der Waals surface area (Å²) in [4.78, 5) is 19.3. The van der Waals surface area contributed by atoms with Gasteiger partial charge in [0.2, 0.25) is 5.91 Å². The Morgan fingerprint density at radius 2 is 2.29 bits per heavy atom. The lowest BCUT2D eigenvalue weighted by molar-refractivity contribution is -0.115. The van der Waals surface area contributed by atoms with Crippen LogP contribution >= 0.6 is 11.8 Å². The average molecular weight is 246 g/mol. The smallest absolute Gasteiger partial charge is 0.228 e. The zero-order chi connectivity index (χ0) is 11.8. The molecule has 0 atom stereocenters. The number of nitrogens with zero attached hydrogens (tertiary/aromatic N) is 1. The van der Waals surface area contributed by atoms with E-state index >= 15 is 0 Å². The number of aromatic nitrogens is 2. The lowest BCUT2D eigenvalue weighted by Crippen LogP contribution is -2.03.